The van der Waals surface area contributed by atoms with Gasteiger partial charge in [-0.15, -0.1) is 12.4 Å². The van der Waals surface area contributed by atoms with E-state index in [1.54, 1.807) is 0 Å². The van der Waals surface area contributed by atoms with E-state index in [-0.39, 0.29) is 24.5 Å². The highest BCUT2D eigenvalue weighted by Gasteiger charge is 2.42. The van der Waals surface area contributed by atoms with Gasteiger partial charge < -0.3 is 15.0 Å². The van der Waals surface area contributed by atoms with Crippen LogP contribution in [0.2, 0.25) is 5.02 Å². The highest BCUT2D eigenvalue weighted by molar-refractivity contribution is 6.31. The Morgan fingerprint density at radius 3 is 2.62 bits per heavy atom. The van der Waals surface area contributed by atoms with Gasteiger partial charge in [0.2, 0.25) is 5.91 Å². The van der Waals surface area contributed by atoms with Crippen molar-refractivity contribution in [1.82, 2.24) is 15.1 Å². The van der Waals surface area contributed by atoms with Crippen molar-refractivity contribution in [2.24, 2.45) is 0 Å². The molecule has 7 heteroatoms. The molecule has 3 fully saturated rings. The first-order valence-corrected chi connectivity index (χ1v) is 9.72. The fraction of sp³-hybridized carbons (Fsp3) is 0.632. The molecule has 1 aromatic rings. The Hall–Kier alpha value is -0.850. The summed E-state index contributed by atoms with van der Waals surface area (Å²) in [5.41, 5.74) is 1.12. The van der Waals surface area contributed by atoms with E-state index in [2.05, 4.69) is 21.2 Å². The second-order valence-electron chi connectivity index (χ2n) is 7.16. The summed E-state index contributed by atoms with van der Waals surface area (Å²) in [6.45, 7) is 5.05. The minimum atomic E-state index is -0.0220. The lowest BCUT2D eigenvalue weighted by atomic mass is 10.00. The van der Waals surface area contributed by atoms with Crippen molar-refractivity contribution < 1.29 is 9.53 Å². The van der Waals surface area contributed by atoms with Crippen molar-refractivity contribution >= 4 is 29.9 Å². The second-order valence-corrected chi connectivity index (χ2v) is 7.57. The van der Waals surface area contributed by atoms with Gasteiger partial charge in [-0.05, 0) is 30.9 Å². The lowest BCUT2D eigenvalue weighted by Crippen LogP contribution is -2.53. The summed E-state index contributed by atoms with van der Waals surface area (Å²) in [5.74, 6) is 0.297. The zero-order valence-electron chi connectivity index (χ0n) is 14.9. The summed E-state index contributed by atoms with van der Waals surface area (Å²) in [7, 11) is 0. The molecular weight excluding hydrogens is 373 g/mol. The van der Waals surface area contributed by atoms with Crippen LogP contribution in [-0.4, -0.2) is 67.2 Å². The monoisotopic (exact) mass is 399 g/mol. The zero-order valence-corrected chi connectivity index (χ0v) is 16.5. The third-order valence-corrected chi connectivity index (χ3v) is 6.14. The average Bonchev–Trinajstić information content (AvgIpc) is 3.04. The maximum Gasteiger partial charge on any atom is 0.240 e. The number of rotatable bonds is 3. The van der Waals surface area contributed by atoms with Crippen LogP contribution in [-0.2, 0) is 9.53 Å². The van der Waals surface area contributed by atoms with Gasteiger partial charge >= 0.3 is 0 Å². The smallest absolute Gasteiger partial charge is 0.240 e. The van der Waals surface area contributed by atoms with E-state index in [9.17, 15) is 4.79 Å². The zero-order chi connectivity index (χ0) is 17.2. The molecule has 1 amide bonds. The summed E-state index contributed by atoms with van der Waals surface area (Å²) < 4.78 is 5.45. The fourth-order valence-corrected chi connectivity index (χ4v) is 4.74. The largest absolute Gasteiger partial charge is 0.381 e. The number of piperazine rings is 1. The Labute approximate surface area is 166 Å². The molecule has 5 nitrogen and oxygen atoms in total. The van der Waals surface area contributed by atoms with Crippen molar-refractivity contribution in [1.29, 1.82) is 0 Å². The molecule has 1 aromatic carbocycles. The topological polar surface area (TPSA) is 44.8 Å². The number of carbonyl (C=O) groups excluding carboxylic acids is 1. The van der Waals surface area contributed by atoms with Gasteiger partial charge in [0.05, 0.1) is 6.04 Å². The van der Waals surface area contributed by atoms with Crippen molar-refractivity contribution in [2.45, 2.75) is 37.4 Å². The third kappa shape index (κ3) is 3.87. The number of carbonyl (C=O) groups is 1. The van der Waals surface area contributed by atoms with Crippen molar-refractivity contribution in [3.63, 3.8) is 0 Å². The molecule has 0 radical (unpaired) electrons. The van der Waals surface area contributed by atoms with Gasteiger partial charge in [0.25, 0.3) is 0 Å². The highest BCUT2D eigenvalue weighted by Crippen LogP contribution is 2.33. The van der Waals surface area contributed by atoms with Gasteiger partial charge in [-0.25, -0.2) is 0 Å². The summed E-state index contributed by atoms with van der Waals surface area (Å²) in [4.78, 5) is 17.6. The molecule has 26 heavy (non-hydrogen) atoms. The maximum absolute atomic E-state index is 13.2. The molecule has 0 spiro atoms. The van der Waals surface area contributed by atoms with Crippen LogP contribution in [0.25, 0.3) is 0 Å². The Morgan fingerprint density at radius 1 is 1.08 bits per heavy atom. The first kappa shape index (κ1) is 19.9. The number of ether oxygens (including phenoxy) is 1. The molecule has 3 aliphatic heterocycles. The Bertz CT molecular complexity index is 625. The number of benzene rings is 1. The molecule has 0 aromatic heterocycles. The number of hydrogen-bond donors (Lipinski definition) is 1. The maximum atomic E-state index is 13.2. The summed E-state index contributed by atoms with van der Waals surface area (Å²) in [6.07, 6.45) is 2.85. The number of amides is 1. The molecule has 2 atom stereocenters. The van der Waals surface area contributed by atoms with Crippen LogP contribution < -0.4 is 5.32 Å². The van der Waals surface area contributed by atoms with Crippen molar-refractivity contribution in [3.05, 3.63) is 34.9 Å². The van der Waals surface area contributed by atoms with Crippen molar-refractivity contribution in [2.75, 3.05) is 39.4 Å². The molecule has 2 unspecified atom stereocenters. The number of hydrogen-bond acceptors (Lipinski definition) is 4. The van der Waals surface area contributed by atoms with Crippen LogP contribution >= 0.6 is 24.0 Å². The average molecular weight is 400 g/mol. The third-order valence-electron chi connectivity index (χ3n) is 5.79. The van der Waals surface area contributed by atoms with E-state index in [0.717, 1.165) is 69.2 Å². The normalized spacial score (nSPS) is 28.2. The van der Waals surface area contributed by atoms with Crippen LogP contribution in [0, 0.1) is 0 Å². The Balaban J connectivity index is 0.00000196. The number of likely N-dealkylation sites (tertiary alicyclic amines) is 1. The van der Waals surface area contributed by atoms with Crippen molar-refractivity contribution in [3.8, 4) is 0 Å². The highest BCUT2D eigenvalue weighted by atomic mass is 35.5. The van der Waals surface area contributed by atoms with E-state index in [1.165, 1.54) is 0 Å². The molecule has 1 N–H and O–H groups in total. The predicted octanol–water partition coefficient (Wildman–Crippen LogP) is 2.49. The Kier molecular flexibility index (Phi) is 6.81. The van der Waals surface area contributed by atoms with E-state index >= 15 is 0 Å². The van der Waals surface area contributed by atoms with Crippen LogP contribution in [0.1, 0.15) is 30.9 Å². The molecular formula is C19H27Cl2N3O2. The molecule has 4 rings (SSSR count). The molecule has 0 bridgehead atoms. The molecule has 0 aliphatic carbocycles. The van der Waals surface area contributed by atoms with Gasteiger partial charge in [-0.3, -0.25) is 9.69 Å². The lowest BCUT2D eigenvalue weighted by Gasteiger charge is -2.40. The standard InChI is InChI=1S/C19H26ClN3O2.ClH/c20-16-4-2-1-3-15(16)18-13-21-8-10-23(18)17-5-9-22(19(17)24)14-6-11-25-12-7-14;/h1-4,14,17-18,21H,5-13H2;1H. The summed E-state index contributed by atoms with van der Waals surface area (Å²) in [6, 6.07) is 8.50. The quantitative estimate of drug-likeness (QED) is 0.847. The predicted molar refractivity (Wildman–Crippen MR) is 105 cm³/mol. The SMILES string of the molecule is Cl.O=C1C(N2CCNCC2c2ccccc2Cl)CCN1C1CCOCC1. The van der Waals surface area contributed by atoms with Gasteiger partial charge in [0.15, 0.2) is 0 Å². The first-order valence-electron chi connectivity index (χ1n) is 9.35. The van der Waals surface area contributed by atoms with E-state index in [1.807, 2.05) is 18.2 Å². The van der Waals surface area contributed by atoms with Crippen LogP contribution in [0.4, 0.5) is 0 Å². The van der Waals surface area contributed by atoms with E-state index in [4.69, 9.17) is 16.3 Å². The van der Waals surface area contributed by atoms with Crippen LogP contribution in [0.5, 0.6) is 0 Å². The Morgan fingerprint density at radius 2 is 1.85 bits per heavy atom. The summed E-state index contributed by atoms with van der Waals surface area (Å²) >= 11 is 6.45. The minimum Gasteiger partial charge on any atom is -0.381 e. The molecule has 3 saturated heterocycles. The molecule has 0 saturated carbocycles. The molecule has 3 aliphatic rings. The number of nitrogens with one attached hydrogen (secondary N) is 1. The molecule has 3 heterocycles. The van der Waals surface area contributed by atoms with Gasteiger partial charge in [-0.1, -0.05) is 29.8 Å². The second kappa shape index (κ2) is 8.89. The molecule has 144 valence electrons. The lowest BCUT2D eigenvalue weighted by molar-refractivity contribution is -0.136. The van der Waals surface area contributed by atoms with Gasteiger partial charge in [0.1, 0.15) is 0 Å². The van der Waals surface area contributed by atoms with Gasteiger partial charge in [-0.2, -0.15) is 0 Å². The van der Waals surface area contributed by atoms with E-state index < -0.39 is 0 Å². The number of nitrogens with zero attached hydrogens (tertiary/aromatic N) is 2. The van der Waals surface area contributed by atoms with Gasteiger partial charge in [0, 0.05) is 56.5 Å². The van der Waals surface area contributed by atoms with Crippen LogP contribution in [0.15, 0.2) is 24.3 Å². The number of halogens is 2. The minimum absolute atomic E-state index is 0. The van der Waals surface area contributed by atoms with E-state index in [0.29, 0.717) is 11.9 Å². The first-order chi connectivity index (χ1) is 12.3. The van der Waals surface area contributed by atoms with Crippen LogP contribution in [0.3, 0.4) is 0 Å². The fourth-order valence-electron chi connectivity index (χ4n) is 4.48. The summed E-state index contributed by atoms with van der Waals surface area (Å²) in [5, 5.41) is 4.25.